The maximum absolute atomic E-state index is 12.0. The van der Waals surface area contributed by atoms with E-state index < -0.39 is 0 Å². The summed E-state index contributed by atoms with van der Waals surface area (Å²) in [5, 5.41) is 6.99. The van der Waals surface area contributed by atoms with Gasteiger partial charge in [-0.2, -0.15) is 0 Å². The van der Waals surface area contributed by atoms with Crippen LogP contribution in [0.3, 0.4) is 0 Å². The van der Waals surface area contributed by atoms with E-state index in [0.29, 0.717) is 18.2 Å². The summed E-state index contributed by atoms with van der Waals surface area (Å²) in [7, 11) is 0. The highest BCUT2D eigenvalue weighted by molar-refractivity contribution is 7.99. The summed E-state index contributed by atoms with van der Waals surface area (Å²) in [5.74, 6) is 0.366. The first-order valence-electron chi connectivity index (χ1n) is 11.3. The Bertz CT molecular complexity index is 1240. The van der Waals surface area contributed by atoms with Gasteiger partial charge in [0, 0.05) is 42.1 Å². The second kappa shape index (κ2) is 11.0. The number of morpholine rings is 1. The summed E-state index contributed by atoms with van der Waals surface area (Å²) >= 11 is 1.55. The largest absolute Gasteiger partial charge is 0.378 e. The van der Waals surface area contributed by atoms with Crippen molar-refractivity contribution in [3.8, 4) is 0 Å². The molecule has 1 aliphatic rings. The van der Waals surface area contributed by atoms with Gasteiger partial charge >= 0.3 is 0 Å². The number of nitrogens with zero attached hydrogens (tertiary/aromatic N) is 4. The fourth-order valence-corrected chi connectivity index (χ4v) is 4.39. The van der Waals surface area contributed by atoms with Gasteiger partial charge in [0.15, 0.2) is 0 Å². The summed E-state index contributed by atoms with van der Waals surface area (Å²) in [6.45, 7) is 3.80. The van der Waals surface area contributed by atoms with Crippen molar-refractivity contribution in [1.29, 1.82) is 0 Å². The second-order valence-electron chi connectivity index (χ2n) is 7.88. The quantitative estimate of drug-likeness (QED) is 0.322. The lowest BCUT2D eigenvalue weighted by Gasteiger charge is -2.28. The maximum Gasteiger partial charge on any atom is 0.269 e. The molecule has 1 amide bonds. The Morgan fingerprint density at radius 3 is 2.60 bits per heavy atom. The topological polar surface area (TPSA) is 108 Å². The fourth-order valence-electron chi connectivity index (χ4n) is 3.62. The zero-order valence-electron chi connectivity index (χ0n) is 19.0. The van der Waals surface area contributed by atoms with Crippen molar-refractivity contribution in [3.05, 3.63) is 84.6 Å². The van der Waals surface area contributed by atoms with Crippen molar-refractivity contribution >= 4 is 35.0 Å². The zero-order valence-corrected chi connectivity index (χ0v) is 19.8. The maximum atomic E-state index is 12.0. The molecule has 0 aliphatic carbocycles. The normalized spacial score (nSPS) is 13.4. The van der Waals surface area contributed by atoms with Crippen LogP contribution in [0.1, 0.15) is 16.1 Å². The number of H-pyrrole nitrogens is 1. The molecule has 2 aromatic carbocycles. The smallest absolute Gasteiger partial charge is 0.269 e. The molecule has 0 saturated carbocycles. The lowest BCUT2D eigenvalue weighted by molar-refractivity contribution is 0.0946. The second-order valence-corrected chi connectivity index (χ2v) is 8.98. The van der Waals surface area contributed by atoms with E-state index in [0.717, 1.165) is 47.5 Å². The van der Waals surface area contributed by atoms with Crippen molar-refractivity contribution < 1.29 is 9.53 Å². The summed E-state index contributed by atoms with van der Waals surface area (Å²) in [6, 6.07) is 18.2. The van der Waals surface area contributed by atoms with Crippen LogP contribution >= 0.6 is 11.8 Å². The number of imidazole rings is 1. The third kappa shape index (κ3) is 6.17. The third-order valence-electron chi connectivity index (χ3n) is 5.47. The summed E-state index contributed by atoms with van der Waals surface area (Å²) in [4.78, 5) is 31.0. The molecule has 178 valence electrons. The van der Waals surface area contributed by atoms with E-state index in [9.17, 15) is 4.79 Å². The van der Waals surface area contributed by atoms with E-state index in [1.807, 2.05) is 42.5 Å². The Morgan fingerprint density at radius 1 is 1.06 bits per heavy atom. The first-order chi connectivity index (χ1) is 17.2. The molecule has 0 radical (unpaired) electrons. The molecule has 10 heteroatoms. The molecule has 35 heavy (non-hydrogen) atoms. The molecular formula is C25H25N7O2S. The van der Waals surface area contributed by atoms with Crippen LogP contribution in [0.4, 0.5) is 17.3 Å². The molecule has 0 spiro atoms. The average Bonchev–Trinajstić information content (AvgIpc) is 3.45. The van der Waals surface area contributed by atoms with E-state index in [4.69, 9.17) is 4.74 Å². The van der Waals surface area contributed by atoms with E-state index in [2.05, 4.69) is 47.6 Å². The molecule has 0 atom stereocenters. The Hall–Kier alpha value is -3.89. The van der Waals surface area contributed by atoms with Gasteiger partial charge in [0.05, 0.1) is 25.7 Å². The van der Waals surface area contributed by atoms with Gasteiger partial charge in [0.1, 0.15) is 10.7 Å². The average molecular weight is 488 g/mol. The Kier molecular flexibility index (Phi) is 7.21. The highest BCUT2D eigenvalue weighted by Gasteiger charge is 2.11. The van der Waals surface area contributed by atoms with E-state index in [1.165, 1.54) is 18.2 Å². The van der Waals surface area contributed by atoms with Gasteiger partial charge in [-0.15, -0.1) is 0 Å². The number of carbonyl (C=O) groups excluding carboxylic acids is 1. The number of nitrogens with one attached hydrogen (secondary N) is 3. The monoisotopic (exact) mass is 487 g/mol. The van der Waals surface area contributed by atoms with E-state index >= 15 is 0 Å². The lowest BCUT2D eigenvalue weighted by Crippen LogP contribution is -2.36. The number of aromatic nitrogens is 4. The minimum Gasteiger partial charge on any atom is -0.378 e. The zero-order chi connectivity index (χ0) is 23.9. The number of benzene rings is 2. The van der Waals surface area contributed by atoms with Gasteiger partial charge in [-0.05, 0) is 48.0 Å². The van der Waals surface area contributed by atoms with Crippen LogP contribution in [-0.2, 0) is 11.3 Å². The Balaban J connectivity index is 1.16. The minimum atomic E-state index is -0.183. The SMILES string of the molecule is O=C(NCc1ccc(Sc2ccnc(Nc3ccc(N4CCOCC4)cc3)n2)cc1)c1cnc[nH]1. The van der Waals surface area contributed by atoms with Crippen LogP contribution in [0.15, 0.2) is 83.2 Å². The van der Waals surface area contributed by atoms with Crippen LogP contribution in [0, 0.1) is 0 Å². The molecule has 3 heterocycles. The molecule has 4 aromatic rings. The molecular weight excluding hydrogens is 462 g/mol. The van der Waals surface area contributed by atoms with Crippen LogP contribution in [0.2, 0.25) is 0 Å². The predicted molar refractivity (Wildman–Crippen MR) is 135 cm³/mol. The molecule has 1 saturated heterocycles. The summed E-state index contributed by atoms with van der Waals surface area (Å²) in [6.07, 6.45) is 4.73. The first kappa shape index (κ1) is 22.9. The standard InChI is InChI=1S/C25H25N7O2S/c33-24(22-16-26-17-29-22)28-15-18-1-7-21(8-2-18)35-23-9-10-27-25(31-23)30-19-3-5-20(6-4-19)32-11-13-34-14-12-32/h1-10,16-17H,11-15H2,(H,26,29)(H,28,33)(H,27,30,31). The number of amides is 1. The van der Waals surface area contributed by atoms with Crippen molar-refractivity contribution in [3.63, 3.8) is 0 Å². The Morgan fingerprint density at radius 2 is 1.86 bits per heavy atom. The number of aromatic amines is 1. The summed E-state index contributed by atoms with van der Waals surface area (Å²) < 4.78 is 5.43. The van der Waals surface area contributed by atoms with Crippen LogP contribution in [0.5, 0.6) is 0 Å². The lowest BCUT2D eigenvalue weighted by atomic mass is 10.2. The van der Waals surface area contributed by atoms with E-state index in [-0.39, 0.29) is 5.91 Å². The number of anilines is 3. The van der Waals surface area contributed by atoms with Gasteiger partial charge in [0.25, 0.3) is 5.91 Å². The highest BCUT2D eigenvalue weighted by atomic mass is 32.2. The number of ether oxygens (including phenoxy) is 1. The number of hydrogen-bond donors (Lipinski definition) is 3. The Labute approximate surface area is 207 Å². The van der Waals surface area contributed by atoms with Gasteiger partial charge in [-0.25, -0.2) is 15.0 Å². The van der Waals surface area contributed by atoms with Crippen molar-refractivity contribution in [2.45, 2.75) is 16.5 Å². The van der Waals surface area contributed by atoms with Gasteiger partial charge < -0.3 is 25.3 Å². The molecule has 3 N–H and O–H groups in total. The van der Waals surface area contributed by atoms with Crippen LogP contribution < -0.4 is 15.5 Å². The van der Waals surface area contributed by atoms with Crippen LogP contribution in [0.25, 0.3) is 0 Å². The van der Waals surface area contributed by atoms with Crippen molar-refractivity contribution in [1.82, 2.24) is 25.3 Å². The molecule has 1 fully saturated rings. The molecule has 1 aliphatic heterocycles. The number of carbonyl (C=O) groups is 1. The fraction of sp³-hybridized carbons (Fsp3) is 0.200. The predicted octanol–water partition coefficient (Wildman–Crippen LogP) is 3.86. The molecule has 5 rings (SSSR count). The number of hydrogen-bond acceptors (Lipinski definition) is 8. The van der Waals surface area contributed by atoms with Gasteiger partial charge in [-0.3, -0.25) is 4.79 Å². The van der Waals surface area contributed by atoms with Crippen molar-refractivity contribution in [2.24, 2.45) is 0 Å². The molecule has 2 aromatic heterocycles. The summed E-state index contributed by atoms with van der Waals surface area (Å²) in [5.41, 5.74) is 3.57. The molecule has 0 bridgehead atoms. The molecule has 9 nitrogen and oxygen atoms in total. The highest BCUT2D eigenvalue weighted by Crippen LogP contribution is 2.27. The van der Waals surface area contributed by atoms with Crippen LogP contribution in [-0.4, -0.2) is 52.1 Å². The first-order valence-corrected chi connectivity index (χ1v) is 12.1. The molecule has 0 unspecified atom stereocenters. The number of rotatable bonds is 8. The van der Waals surface area contributed by atoms with Crippen molar-refractivity contribution in [2.75, 3.05) is 36.5 Å². The minimum absolute atomic E-state index is 0.183. The van der Waals surface area contributed by atoms with Gasteiger partial charge in [0.2, 0.25) is 5.95 Å². The van der Waals surface area contributed by atoms with E-state index in [1.54, 1.807) is 18.0 Å². The third-order valence-corrected chi connectivity index (χ3v) is 6.42. The van der Waals surface area contributed by atoms with Gasteiger partial charge in [-0.1, -0.05) is 23.9 Å².